The van der Waals surface area contributed by atoms with Crippen molar-refractivity contribution in [2.75, 3.05) is 0 Å². The van der Waals surface area contributed by atoms with Gasteiger partial charge >= 0.3 is 0 Å². The van der Waals surface area contributed by atoms with Crippen molar-refractivity contribution in [2.24, 2.45) is 5.92 Å². The molecule has 0 spiro atoms. The van der Waals surface area contributed by atoms with Gasteiger partial charge in [0.15, 0.2) is 0 Å². The monoisotopic (exact) mass is 303 g/mol. The van der Waals surface area contributed by atoms with Crippen LogP contribution in [0.2, 0.25) is 0 Å². The highest BCUT2D eigenvalue weighted by Gasteiger charge is 2.34. The molecular formula is C18H22FNO2. The lowest BCUT2D eigenvalue weighted by Gasteiger charge is -2.33. The average Bonchev–Trinajstić information content (AvgIpc) is 3.29. The molecule has 1 saturated carbocycles. The Morgan fingerprint density at radius 1 is 1.23 bits per heavy atom. The number of imide groups is 1. The van der Waals surface area contributed by atoms with Crippen molar-refractivity contribution >= 4 is 11.8 Å². The molecule has 4 heteroatoms. The molecule has 1 aromatic rings. The Hall–Kier alpha value is -1.71. The van der Waals surface area contributed by atoms with Gasteiger partial charge in [-0.3, -0.25) is 14.5 Å². The van der Waals surface area contributed by atoms with E-state index < -0.39 is 0 Å². The molecule has 22 heavy (non-hydrogen) atoms. The number of amides is 2. The van der Waals surface area contributed by atoms with Gasteiger partial charge in [0.2, 0.25) is 11.8 Å². The molecule has 2 aliphatic rings. The van der Waals surface area contributed by atoms with Crippen molar-refractivity contribution < 1.29 is 14.0 Å². The first-order valence-corrected chi connectivity index (χ1v) is 8.17. The summed E-state index contributed by atoms with van der Waals surface area (Å²) in [6.07, 6.45) is 5.82. The molecule has 0 radical (unpaired) electrons. The van der Waals surface area contributed by atoms with E-state index in [0.717, 1.165) is 24.3 Å². The summed E-state index contributed by atoms with van der Waals surface area (Å²) >= 11 is 0. The molecule has 0 bridgehead atoms. The number of hydrogen-bond donors (Lipinski definition) is 0. The van der Waals surface area contributed by atoms with Crippen LogP contribution in [0.15, 0.2) is 18.2 Å². The minimum Gasteiger partial charge on any atom is -0.275 e. The number of nitrogens with zero attached hydrogens (tertiary/aromatic N) is 1. The summed E-state index contributed by atoms with van der Waals surface area (Å²) in [6, 6.07) is 4.70. The number of carbonyl (C=O) groups is 2. The lowest BCUT2D eigenvalue weighted by Crippen LogP contribution is -2.42. The fraction of sp³-hybridized carbons (Fsp3) is 0.556. The third kappa shape index (κ3) is 3.21. The van der Waals surface area contributed by atoms with E-state index in [1.54, 1.807) is 19.1 Å². The number of likely N-dealkylation sites (tertiary alicyclic amines) is 1. The van der Waals surface area contributed by atoms with Crippen molar-refractivity contribution in [1.82, 2.24) is 4.90 Å². The van der Waals surface area contributed by atoms with Crippen molar-refractivity contribution in [3.63, 3.8) is 0 Å². The molecule has 2 fully saturated rings. The molecule has 1 unspecified atom stereocenters. The van der Waals surface area contributed by atoms with Crippen LogP contribution in [-0.4, -0.2) is 16.7 Å². The Balaban J connectivity index is 1.88. The van der Waals surface area contributed by atoms with E-state index in [2.05, 4.69) is 0 Å². The van der Waals surface area contributed by atoms with Gasteiger partial charge in [0.1, 0.15) is 5.82 Å². The van der Waals surface area contributed by atoms with Crippen LogP contribution in [0.5, 0.6) is 0 Å². The van der Waals surface area contributed by atoms with E-state index in [-0.39, 0.29) is 23.7 Å². The van der Waals surface area contributed by atoms with Crippen molar-refractivity contribution in [3.05, 3.63) is 35.1 Å². The molecule has 0 aromatic heterocycles. The van der Waals surface area contributed by atoms with Crippen LogP contribution < -0.4 is 0 Å². The van der Waals surface area contributed by atoms with E-state index in [4.69, 9.17) is 0 Å². The fourth-order valence-electron chi connectivity index (χ4n) is 3.24. The van der Waals surface area contributed by atoms with Gasteiger partial charge in [-0.25, -0.2) is 4.39 Å². The largest absolute Gasteiger partial charge is 0.275 e. The third-order valence-corrected chi connectivity index (χ3v) is 4.74. The van der Waals surface area contributed by atoms with Crippen LogP contribution in [-0.2, 0) is 9.59 Å². The number of carbonyl (C=O) groups excluding carboxylic acids is 2. The van der Waals surface area contributed by atoms with Gasteiger partial charge in [-0.15, -0.1) is 0 Å². The molecular weight excluding hydrogens is 281 g/mol. The minimum absolute atomic E-state index is 0.0842. The third-order valence-electron chi connectivity index (χ3n) is 4.74. The van der Waals surface area contributed by atoms with Gasteiger partial charge in [-0.2, -0.15) is 0 Å². The minimum atomic E-state index is -0.249. The van der Waals surface area contributed by atoms with Crippen LogP contribution >= 0.6 is 0 Å². The maximum Gasteiger partial charge on any atom is 0.229 e. The quantitative estimate of drug-likeness (QED) is 0.774. The Bertz CT molecular complexity index is 579. The molecule has 0 N–H and O–H groups in total. The van der Waals surface area contributed by atoms with E-state index in [1.165, 1.54) is 23.8 Å². The van der Waals surface area contributed by atoms with Gasteiger partial charge in [-0.1, -0.05) is 25.0 Å². The lowest BCUT2D eigenvalue weighted by molar-refractivity contribution is -0.151. The molecule has 1 aliphatic heterocycles. The molecule has 3 nitrogen and oxygen atoms in total. The summed E-state index contributed by atoms with van der Waals surface area (Å²) in [5, 5.41) is 0. The normalized spacial score (nSPS) is 20.4. The SMILES string of the molecule is Cc1cc(C(CCC2CC2)N2C(=O)CCCC2=O)ccc1F. The summed E-state index contributed by atoms with van der Waals surface area (Å²) in [7, 11) is 0. The van der Waals surface area contributed by atoms with Crippen molar-refractivity contribution in [2.45, 2.75) is 57.9 Å². The molecule has 1 aliphatic carbocycles. The van der Waals surface area contributed by atoms with Gasteiger partial charge in [0.25, 0.3) is 0 Å². The van der Waals surface area contributed by atoms with Gasteiger partial charge < -0.3 is 0 Å². The second-order valence-corrected chi connectivity index (χ2v) is 6.56. The maximum absolute atomic E-state index is 13.5. The van der Waals surface area contributed by atoms with Crippen molar-refractivity contribution in [1.29, 1.82) is 0 Å². The number of aryl methyl sites for hydroxylation is 1. The van der Waals surface area contributed by atoms with Gasteiger partial charge in [-0.05, 0) is 49.3 Å². The smallest absolute Gasteiger partial charge is 0.229 e. The number of piperidine rings is 1. The summed E-state index contributed by atoms with van der Waals surface area (Å²) in [4.78, 5) is 26.0. The highest BCUT2D eigenvalue weighted by molar-refractivity contribution is 5.98. The topological polar surface area (TPSA) is 37.4 Å². The molecule has 2 amide bonds. The number of rotatable bonds is 5. The first kappa shape index (κ1) is 15.2. The van der Waals surface area contributed by atoms with Gasteiger partial charge in [0, 0.05) is 12.8 Å². The number of benzene rings is 1. The van der Waals surface area contributed by atoms with Crippen LogP contribution in [0, 0.1) is 18.7 Å². The molecule has 118 valence electrons. The van der Waals surface area contributed by atoms with Crippen LogP contribution in [0.3, 0.4) is 0 Å². The van der Waals surface area contributed by atoms with Crippen LogP contribution in [0.25, 0.3) is 0 Å². The van der Waals surface area contributed by atoms with Gasteiger partial charge in [0.05, 0.1) is 6.04 Å². The van der Waals surface area contributed by atoms with E-state index in [1.807, 2.05) is 0 Å². The number of halogens is 1. The maximum atomic E-state index is 13.5. The van der Waals surface area contributed by atoms with E-state index in [0.29, 0.717) is 24.8 Å². The van der Waals surface area contributed by atoms with E-state index in [9.17, 15) is 14.0 Å². The molecule has 1 aromatic carbocycles. The lowest BCUT2D eigenvalue weighted by atomic mass is 9.94. The Labute approximate surface area is 130 Å². The highest BCUT2D eigenvalue weighted by atomic mass is 19.1. The van der Waals surface area contributed by atoms with Crippen LogP contribution in [0.4, 0.5) is 4.39 Å². The second-order valence-electron chi connectivity index (χ2n) is 6.56. The fourth-order valence-corrected chi connectivity index (χ4v) is 3.24. The zero-order chi connectivity index (χ0) is 15.7. The zero-order valence-electron chi connectivity index (χ0n) is 13.0. The summed E-state index contributed by atoms with van der Waals surface area (Å²) in [5.74, 6) is 0.318. The summed E-state index contributed by atoms with van der Waals surface area (Å²) < 4.78 is 13.5. The Morgan fingerprint density at radius 2 is 1.91 bits per heavy atom. The first-order chi connectivity index (χ1) is 10.6. The van der Waals surface area contributed by atoms with Crippen molar-refractivity contribution in [3.8, 4) is 0 Å². The predicted octanol–water partition coefficient (Wildman–Crippen LogP) is 3.90. The first-order valence-electron chi connectivity index (χ1n) is 8.17. The Kier molecular flexibility index (Phi) is 4.27. The summed E-state index contributed by atoms with van der Waals surface area (Å²) in [6.45, 7) is 1.72. The number of hydrogen-bond acceptors (Lipinski definition) is 2. The van der Waals surface area contributed by atoms with Crippen LogP contribution in [0.1, 0.15) is 62.1 Å². The molecule has 3 rings (SSSR count). The Morgan fingerprint density at radius 3 is 2.50 bits per heavy atom. The highest BCUT2D eigenvalue weighted by Crippen LogP contribution is 2.38. The standard InChI is InChI=1S/C18H22FNO2/c1-12-11-14(8-9-15(12)19)16(10-7-13-5-6-13)20-17(21)3-2-4-18(20)22/h8-9,11,13,16H,2-7,10H2,1H3. The zero-order valence-corrected chi connectivity index (χ0v) is 13.0. The molecule has 1 atom stereocenters. The van der Waals surface area contributed by atoms with E-state index >= 15 is 0 Å². The predicted molar refractivity (Wildman–Crippen MR) is 81.5 cm³/mol. The summed E-state index contributed by atoms with van der Waals surface area (Å²) in [5.41, 5.74) is 1.44. The molecule has 1 heterocycles. The second kappa shape index (κ2) is 6.19. The average molecular weight is 303 g/mol. The molecule has 1 saturated heterocycles.